The molecule has 0 heterocycles. The van der Waals surface area contributed by atoms with Gasteiger partial charge in [0.15, 0.2) is 5.78 Å². The predicted octanol–water partition coefficient (Wildman–Crippen LogP) is 0.552. The van der Waals surface area contributed by atoms with Gasteiger partial charge in [-0.05, 0) is 19.3 Å². The first-order chi connectivity index (χ1) is 10.0. The van der Waals surface area contributed by atoms with Crippen LogP contribution in [0.5, 0.6) is 0 Å². The molecule has 3 unspecified atom stereocenters. The molecule has 0 aliphatic carbocycles. The van der Waals surface area contributed by atoms with E-state index >= 15 is 0 Å². The minimum Gasteiger partial charge on any atom is -0.369 e. The Kier molecular flexibility index (Phi) is 8.48. The highest BCUT2D eigenvalue weighted by Gasteiger charge is 2.33. The molecule has 0 aromatic carbocycles. The molecular formula is C16H32N3O3+. The van der Waals surface area contributed by atoms with Crippen molar-refractivity contribution in [1.82, 2.24) is 5.32 Å². The normalized spacial score (nSPS) is 15.9. The number of hydrogen-bond acceptors (Lipinski definition) is 4. The Morgan fingerprint density at radius 1 is 1.18 bits per heavy atom. The number of amides is 1. The molecule has 128 valence electrons. The number of ketones is 2. The Balaban J connectivity index is 4.66. The van der Waals surface area contributed by atoms with E-state index in [2.05, 4.69) is 5.32 Å². The number of primary amides is 1. The minimum absolute atomic E-state index is 0.00237. The quantitative estimate of drug-likeness (QED) is 0.430. The van der Waals surface area contributed by atoms with Gasteiger partial charge in [-0.25, -0.2) is 0 Å². The van der Waals surface area contributed by atoms with E-state index in [4.69, 9.17) is 5.73 Å². The lowest BCUT2D eigenvalue weighted by Gasteiger charge is -2.31. The highest BCUT2D eigenvalue weighted by Crippen LogP contribution is 2.24. The van der Waals surface area contributed by atoms with Gasteiger partial charge in [0.05, 0.1) is 14.1 Å². The molecular weight excluding hydrogens is 282 g/mol. The summed E-state index contributed by atoms with van der Waals surface area (Å²) < 4.78 is 0.541. The van der Waals surface area contributed by atoms with E-state index in [1.165, 1.54) is 6.92 Å². The number of nitrogens with one attached hydrogen (secondary N) is 1. The van der Waals surface area contributed by atoms with Crippen molar-refractivity contribution in [1.29, 1.82) is 0 Å². The summed E-state index contributed by atoms with van der Waals surface area (Å²) in [6, 6.07) is 0. The van der Waals surface area contributed by atoms with E-state index in [9.17, 15) is 14.4 Å². The van der Waals surface area contributed by atoms with E-state index < -0.39 is 11.8 Å². The highest BCUT2D eigenvalue weighted by molar-refractivity contribution is 5.87. The van der Waals surface area contributed by atoms with Gasteiger partial charge in [0.2, 0.25) is 5.91 Å². The van der Waals surface area contributed by atoms with Crippen LogP contribution in [-0.2, 0) is 14.4 Å². The van der Waals surface area contributed by atoms with Crippen LogP contribution in [0.25, 0.3) is 0 Å². The molecule has 0 aromatic rings. The molecule has 1 amide bonds. The monoisotopic (exact) mass is 314 g/mol. The first-order valence-corrected chi connectivity index (χ1v) is 7.83. The fraction of sp³-hybridized carbons (Fsp3) is 0.812. The van der Waals surface area contributed by atoms with Crippen LogP contribution in [0.15, 0.2) is 0 Å². The Morgan fingerprint density at radius 3 is 2.09 bits per heavy atom. The Hall–Kier alpha value is -1.27. The fourth-order valence-electron chi connectivity index (χ4n) is 3.09. The number of carbonyl (C=O) groups excluding carboxylic acids is 3. The summed E-state index contributed by atoms with van der Waals surface area (Å²) in [5.41, 5.74) is 5.42. The van der Waals surface area contributed by atoms with Crippen molar-refractivity contribution in [2.75, 3.05) is 33.9 Å². The molecule has 0 aliphatic heterocycles. The van der Waals surface area contributed by atoms with Crippen molar-refractivity contribution in [2.45, 2.75) is 34.1 Å². The molecule has 22 heavy (non-hydrogen) atoms. The molecule has 0 rings (SSSR count). The Morgan fingerprint density at radius 2 is 1.73 bits per heavy atom. The summed E-state index contributed by atoms with van der Waals surface area (Å²) in [6.45, 7) is 8.61. The molecule has 0 aromatic heterocycles. The van der Waals surface area contributed by atoms with Crippen molar-refractivity contribution < 1.29 is 18.9 Å². The molecule has 6 nitrogen and oxygen atoms in total. The van der Waals surface area contributed by atoms with Crippen LogP contribution in [0.4, 0.5) is 0 Å². The second-order valence-corrected chi connectivity index (χ2v) is 6.94. The average Bonchev–Trinajstić information content (AvgIpc) is 2.32. The summed E-state index contributed by atoms with van der Waals surface area (Å²) in [4.78, 5) is 34.7. The van der Waals surface area contributed by atoms with Gasteiger partial charge in [-0.1, -0.05) is 13.8 Å². The maximum atomic E-state index is 11.9. The van der Waals surface area contributed by atoms with Crippen molar-refractivity contribution >= 4 is 17.5 Å². The predicted molar refractivity (Wildman–Crippen MR) is 86.8 cm³/mol. The topological polar surface area (TPSA) is 89.3 Å². The Bertz CT molecular complexity index is 407. The lowest BCUT2D eigenvalue weighted by atomic mass is 9.78. The third-order valence-electron chi connectivity index (χ3n) is 3.98. The van der Waals surface area contributed by atoms with Crippen LogP contribution in [0.2, 0.25) is 0 Å². The third kappa shape index (κ3) is 7.13. The molecule has 3 N–H and O–H groups in total. The second-order valence-electron chi connectivity index (χ2n) is 6.94. The summed E-state index contributed by atoms with van der Waals surface area (Å²) >= 11 is 0. The fourth-order valence-corrected chi connectivity index (χ4v) is 3.09. The number of quaternary nitrogens is 1. The zero-order valence-electron chi connectivity index (χ0n) is 14.8. The van der Waals surface area contributed by atoms with Crippen LogP contribution in [0.1, 0.15) is 34.1 Å². The number of carbonyl (C=O) groups is 3. The minimum atomic E-state index is -0.422. The molecule has 0 saturated heterocycles. The van der Waals surface area contributed by atoms with Gasteiger partial charge in [-0.2, -0.15) is 0 Å². The van der Waals surface area contributed by atoms with E-state index in [1.54, 1.807) is 6.92 Å². The summed E-state index contributed by atoms with van der Waals surface area (Å²) in [5, 5.41) is 3.30. The molecule has 6 heteroatoms. The molecule has 0 radical (unpaired) electrons. The van der Waals surface area contributed by atoms with Crippen molar-refractivity contribution in [3.63, 3.8) is 0 Å². The number of Topliss-reactive ketones (excluding diaryl/α,β-unsaturated/α-hetero) is 2. The third-order valence-corrected chi connectivity index (χ3v) is 3.98. The van der Waals surface area contributed by atoms with Crippen molar-refractivity contribution in [3.8, 4) is 0 Å². The lowest BCUT2D eigenvalue weighted by Crippen LogP contribution is -2.50. The zero-order chi connectivity index (χ0) is 17.5. The lowest BCUT2D eigenvalue weighted by molar-refractivity contribution is -0.885. The number of rotatable bonds is 11. The van der Waals surface area contributed by atoms with E-state index in [-0.39, 0.29) is 23.4 Å². The average molecular weight is 314 g/mol. The SMILES string of the molecule is CCC(C(N)=O)C(C(C)=O)C(C)CNC[N+](C)(C)CC(C)=O. The molecule has 0 saturated carbocycles. The smallest absolute Gasteiger partial charge is 0.221 e. The maximum absolute atomic E-state index is 11.9. The summed E-state index contributed by atoms with van der Waals surface area (Å²) in [5.74, 6) is -1.05. The van der Waals surface area contributed by atoms with Crippen LogP contribution in [0.3, 0.4) is 0 Å². The van der Waals surface area contributed by atoms with Gasteiger partial charge < -0.3 is 10.2 Å². The summed E-state index contributed by atoms with van der Waals surface area (Å²) in [6.07, 6.45) is 0.565. The van der Waals surface area contributed by atoms with Gasteiger partial charge in [-0.15, -0.1) is 0 Å². The van der Waals surface area contributed by atoms with Gasteiger partial charge in [0.1, 0.15) is 19.0 Å². The van der Waals surface area contributed by atoms with E-state index in [0.717, 1.165) is 0 Å². The second kappa shape index (κ2) is 9.00. The zero-order valence-corrected chi connectivity index (χ0v) is 14.8. The van der Waals surface area contributed by atoms with Crippen LogP contribution < -0.4 is 11.1 Å². The van der Waals surface area contributed by atoms with E-state index in [0.29, 0.717) is 30.7 Å². The van der Waals surface area contributed by atoms with Crippen molar-refractivity contribution in [2.24, 2.45) is 23.5 Å². The Labute approximate surface area is 134 Å². The first-order valence-electron chi connectivity index (χ1n) is 7.83. The van der Waals surface area contributed by atoms with Gasteiger partial charge in [0.25, 0.3) is 0 Å². The largest absolute Gasteiger partial charge is 0.369 e. The number of nitrogens with two attached hydrogens (primary N) is 1. The van der Waals surface area contributed by atoms with Gasteiger partial charge in [-0.3, -0.25) is 19.7 Å². The van der Waals surface area contributed by atoms with Crippen LogP contribution in [0, 0.1) is 17.8 Å². The molecule has 0 fully saturated rings. The van der Waals surface area contributed by atoms with Crippen molar-refractivity contribution in [3.05, 3.63) is 0 Å². The number of hydrogen-bond donors (Lipinski definition) is 2. The summed E-state index contributed by atoms with van der Waals surface area (Å²) in [7, 11) is 3.94. The molecule has 0 spiro atoms. The number of likely N-dealkylation sites (N-methyl/N-ethyl adjacent to an activating group) is 1. The highest BCUT2D eigenvalue weighted by atomic mass is 16.1. The molecule has 0 bridgehead atoms. The molecule has 0 aliphatic rings. The maximum Gasteiger partial charge on any atom is 0.221 e. The van der Waals surface area contributed by atoms with Gasteiger partial charge in [0, 0.05) is 25.3 Å². The standard InChI is InChI=1S/C16H31N3O3/c1-7-14(16(17)22)15(13(4)21)11(2)8-18-10-19(5,6)9-12(3)20/h11,14-15,18H,7-10H2,1-6H3,(H-,17,22)/p+1. The van der Waals surface area contributed by atoms with Crippen LogP contribution >= 0.6 is 0 Å². The first kappa shape index (κ1) is 20.7. The van der Waals surface area contributed by atoms with Gasteiger partial charge >= 0.3 is 0 Å². The van der Waals surface area contributed by atoms with E-state index in [1.807, 2.05) is 27.9 Å². The van der Waals surface area contributed by atoms with Crippen LogP contribution in [-0.4, -0.2) is 55.8 Å². The molecule has 3 atom stereocenters. The number of nitrogens with zero attached hydrogens (tertiary/aromatic N) is 1.